The van der Waals surface area contributed by atoms with Crippen LogP contribution in [0.3, 0.4) is 0 Å². The van der Waals surface area contributed by atoms with Crippen LogP contribution >= 0.6 is 0 Å². The summed E-state index contributed by atoms with van der Waals surface area (Å²) < 4.78 is 12.6. The zero-order valence-electron chi connectivity index (χ0n) is 8.74. The molecule has 2 nitrogen and oxygen atoms in total. The standard InChI is InChI=1S/C12H15FO2/c1-9(2-7-12(14)15)8-10-3-5-11(13)6-4-10/h3-6,9H,2,7-8H2,1H3,(H,14,15). The second-order valence-electron chi connectivity index (χ2n) is 3.87. The van der Waals surface area contributed by atoms with Crippen molar-refractivity contribution in [3.05, 3.63) is 35.6 Å². The van der Waals surface area contributed by atoms with Crippen LogP contribution in [0.2, 0.25) is 0 Å². The first kappa shape index (κ1) is 11.7. The van der Waals surface area contributed by atoms with Crippen molar-refractivity contribution in [3.63, 3.8) is 0 Å². The van der Waals surface area contributed by atoms with Gasteiger partial charge in [0.05, 0.1) is 0 Å². The smallest absolute Gasteiger partial charge is 0.303 e. The number of hydrogen-bond acceptors (Lipinski definition) is 1. The summed E-state index contributed by atoms with van der Waals surface area (Å²) in [5.74, 6) is -0.690. The highest BCUT2D eigenvalue weighted by atomic mass is 19.1. The van der Waals surface area contributed by atoms with Crippen molar-refractivity contribution < 1.29 is 14.3 Å². The normalized spacial score (nSPS) is 12.4. The Morgan fingerprint density at radius 2 is 2.00 bits per heavy atom. The zero-order chi connectivity index (χ0) is 11.3. The fraction of sp³-hybridized carbons (Fsp3) is 0.417. The predicted octanol–water partition coefficient (Wildman–Crippen LogP) is 2.87. The molecule has 0 amide bonds. The van der Waals surface area contributed by atoms with Gasteiger partial charge in [0.2, 0.25) is 0 Å². The summed E-state index contributed by atoms with van der Waals surface area (Å²) in [6.45, 7) is 2.01. The van der Waals surface area contributed by atoms with Crippen LogP contribution in [-0.2, 0) is 11.2 Å². The lowest BCUT2D eigenvalue weighted by Crippen LogP contribution is -2.04. The van der Waals surface area contributed by atoms with E-state index in [4.69, 9.17) is 5.11 Å². The molecule has 0 saturated carbocycles. The van der Waals surface area contributed by atoms with Crippen molar-refractivity contribution in [1.82, 2.24) is 0 Å². The highest BCUT2D eigenvalue weighted by molar-refractivity contribution is 5.66. The second-order valence-corrected chi connectivity index (χ2v) is 3.87. The molecule has 1 atom stereocenters. The van der Waals surface area contributed by atoms with Crippen molar-refractivity contribution in [2.24, 2.45) is 5.92 Å². The summed E-state index contributed by atoms with van der Waals surface area (Å²) in [6, 6.07) is 6.34. The summed E-state index contributed by atoms with van der Waals surface area (Å²) in [5.41, 5.74) is 1.05. The van der Waals surface area contributed by atoms with Crippen LogP contribution < -0.4 is 0 Å². The third kappa shape index (κ3) is 4.58. The number of carboxylic acid groups (broad SMARTS) is 1. The van der Waals surface area contributed by atoms with Crippen LogP contribution in [0.25, 0.3) is 0 Å². The van der Waals surface area contributed by atoms with Gasteiger partial charge in [0.15, 0.2) is 0 Å². The molecule has 0 radical (unpaired) electrons. The van der Waals surface area contributed by atoms with E-state index in [1.807, 2.05) is 6.92 Å². The Balaban J connectivity index is 2.40. The van der Waals surface area contributed by atoms with Gasteiger partial charge < -0.3 is 5.11 Å². The molecule has 82 valence electrons. The predicted molar refractivity (Wildman–Crippen MR) is 56.1 cm³/mol. The maximum Gasteiger partial charge on any atom is 0.303 e. The monoisotopic (exact) mass is 210 g/mol. The number of halogens is 1. The minimum atomic E-state index is -0.763. The lowest BCUT2D eigenvalue weighted by Gasteiger charge is -2.09. The number of carboxylic acids is 1. The first-order valence-electron chi connectivity index (χ1n) is 5.04. The Labute approximate surface area is 88.7 Å². The van der Waals surface area contributed by atoms with Crippen LogP contribution in [0.15, 0.2) is 24.3 Å². The molecule has 0 fully saturated rings. The SMILES string of the molecule is CC(CCC(=O)O)Cc1ccc(F)cc1. The van der Waals surface area contributed by atoms with Crippen LogP contribution in [0.4, 0.5) is 4.39 Å². The molecule has 0 aliphatic heterocycles. The molecule has 15 heavy (non-hydrogen) atoms. The van der Waals surface area contributed by atoms with E-state index in [1.54, 1.807) is 12.1 Å². The topological polar surface area (TPSA) is 37.3 Å². The molecule has 3 heteroatoms. The first-order valence-corrected chi connectivity index (χ1v) is 5.04. The minimum absolute atomic E-state index is 0.197. The van der Waals surface area contributed by atoms with Gasteiger partial charge in [-0.2, -0.15) is 0 Å². The van der Waals surface area contributed by atoms with E-state index in [-0.39, 0.29) is 12.2 Å². The van der Waals surface area contributed by atoms with Crippen LogP contribution in [0.5, 0.6) is 0 Å². The Morgan fingerprint density at radius 3 is 2.53 bits per heavy atom. The lowest BCUT2D eigenvalue weighted by molar-refractivity contribution is -0.137. The molecule has 0 aromatic heterocycles. The third-order valence-corrected chi connectivity index (χ3v) is 2.35. The average Bonchev–Trinajstić information content (AvgIpc) is 2.19. The number of benzene rings is 1. The number of hydrogen-bond donors (Lipinski definition) is 1. The molecule has 1 aromatic carbocycles. The molecule has 0 aliphatic carbocycles. The highest BCUT2D eigenvalue weighted by Gasteiger charge is 2.06. The van der Waals surface area contributed by atoms with Crippen molar-refractivity contribution in [1.29, 1.82) is 0 Å². The fourth-order valence-electron chi connectivity index (χ4n) is 1.49. The molecular weight excluding hydrogens is 195 g/mol. The first-order chi connectivity index (χ1) is 7.08. The van der Waals surface area contributed by atoms with E-state index in [0.29, 0.717) is 12.3 Å². The largest absolute Gasteiger partial charge is 0.481 e. The second kappa shape index (κ2) is 5.49. The van der Waals surface area contributed by atoms with Crippen molar-refractivity contribution in [2.75, 3.05) is 0 Å². The quantitative estimate of drug-likeness (QED) is 0.811. The van der Waals surface area contributed by atoms with Gasteiger partial charge in [-0.1, -0.05) is 19.1 Å². The van der Waals surface area contributed by atoms with Gasteiger partial charge in [0.1, 0.15) is 5.82 Å². The van der Waals surface area contributed by atoms with E-state index in [2.05, 4.69) is 0 Å². The molecule has 1 unspecified atom stereocenters. The summed E-state index contributed by atoms with van der Waals surface area (Å²) in [5, 5.41) is 8.52. The number of carbonyl (C=O) groups is 1. The molecule has 1 rings (SSSR count). The number of rotatable bonds is 5. The lowest BCUT2D eigenvalue weighted by atomic mass is 9.97. The van der Waals surface area contributed by atoms with Gasteiger partial charge in [0.25, 0.3) is 0 Å². The van der Waals surface area contributed by atoms with Gasteiger partial charge in [-0.25, -0.2) is 4.39 Å². The molecule has 0 saturated heterocycles. The molecule has 1 aromatic rings. The van der Waals surface area contributed by atoms with E-state index in [9.17, 15) is 9.18 Å². The van der Waals surface area contributed by atoms with Gasteiger partial charge in [-0.05, 0) is 36.5 Å². The average molecular weight is 210 g/mol. The minimum Gasteiger partial charge on any atom is -0.481 e. The Bertz CT molecular complexity index is 319. The van der Waals surface area contributed by atoms with Crippen molar-refractivity contribution >= 4 is 5.97 Å². The van der Waals surface area contributed by atoms with E-state index < -0.39 is 5.97 Å². The summed E-state index contributed by atoms with van der Waals surface area (Å²) in [7, 11) is 0. The maximum atomic E-state index is 12.6. The molecule has 0 heterocycles. The molecular formula is C12H15FO2. The Kier molecular flexibility index (Phi) is 4.28. The van der Waals surface area contributed by atoms with E-state index >= 15 is 0 Å². The van der Waals surface area contributed by atoms with Crippen molar-refractivity contribution in [2.45, 2.75) is 26.2 Å². The van der Waals surface area contributed by atoms with E-state index in [0.717, 1.165) is 12.0 Å². The van der Waals surface area contributed by atoms with Crippen LogP contribution in [-0.4, -0.2) is 11.1 Å². The van der Waals surface area contributed by atoms with Crippen molar-refractivity contribution in [3.8, 4) is 0 Å². The van der Waals surface area contributed by atoms with Gasteiger partial charge in [-0.15, -0.1) is 0 Å². The van der Waals surface area contributed by atoms with Crippen LogP contribution in [0.1, 0.15) is 25.3 Å². The number of aliphatic carboxylic acids is 1. The summed E-state index contributed by atoms with van der Waals surface area (Å²) in [4.78, 5) is 10.4. The Hall–Kier alpha value is -1.38. The Morgan fingerprint density at radius 1 is 1.40 bits per heavy atom. The third-order valence-electron chi connectivity index (χ3n) is 2.35. The fourth-order valence-corrected chi connectivity index (χ4v) is 1.49. The molecule has 0 aliphatic rings. The summed E-state index contributed by atoms with van der Waals surface area (Å²) >= 11 is 0. The van der Waals surface area contributed by atoms with Gasteiger partial charge in [0, 0.05) is 6.42 Å². The van der Waals surface area contributed by atoms with Gasteiger partial charge in [-0.3, -0.25) is 4.79 Å². The van der Waals surface area contributed by atoms with Gasteiger partial charge >= 0.3 is 5.97 Å². The highest BCUT2D eigenvalue weighted by Crippen LogP contribution is 2.14. The summed E-state index contributed by atoms with van der Waals surface area (Å²) in [6.07, 6.45) is 1.66. The van der Waals surface area contributed by atoms with Crippen LogP contribution in [0, 0.1) is 11.7 Å². The molecule has 1 N–H and O–H groups in total. The molecule has 0 bridgehead atoms. The zero-order valence-corrected chi connectivity index (χ0v) is 8.74. The molecule has 0 spiro atoms. The van der Waals surface area contributed by atoms with E-state index in [1.165, 1.54) is 12.1 Å². The maximum absolute atomic E-state index is 12.6.